The number of hydrogen-bond donors (Lipinski definition) is 2. The van der Waals surface area contributed by atoms with E-state index in [1.54, 1.807) is 0 Å². The third-order valence-electron chi connectivity index (χ3n) is 3.52. The van der Waals surface area contributed by atoms with Crippen molar-refractivity contribution in [3.8, 4) is 0 Å². The molecule has 4 nitrogen and oxygen atoms in total. The van der Waals surface area contributed by atoms with E-state index in [0.29, 0.717) is 12.8 Å². The Morgan fingerprint density at radius 3 is 2.37 bits per heavy atom. The fourth-order valence-electron chi connectivity index (χ4n) is 2.43. The van der Waals surface area contributed by atoms with E-state index in [1.165, 1.54) is 5.56 Å². The molecule has 100 valence electrons. The first kappa shape index (κ1) is 16.3. The van der Waals surface area contributed by atoms with Gasteiger partial charge in [-0.3, -0.25) is 9.69 Å². The summed E-state index contributed by atoms with van der Waals surface area (Å²) in [4.78, 5) is 12.9. The van der Waals surface area contributed by atoms with Gasteiger partial charge in [0.05, 0.1) is 12.0 Å². The summed E-state index contributed by atoms with van der Waals surface area (Å²) >= 11 is 0. The van der Waals surface area contributed by atoms with Crippen LogP contribution >= 0.6 is 0 Å². The van der Waals surface area contributed by atoms with E-state index >= 15 is 0 Å². The quantitative estimate of drug-likeness (QED) is 0.652. The van der Waals surface area contributed by atoms with E-state index in [2.05, 4.69) is 17.0 Å². The third-order valence-corrected chi connectivity index (χ3v) is 3.52. The van der Waals surface area contributed by atoms with Crippen LogP contribution in [0.2, 0.25) is 0 Å². The zero-order chi connectivity index (χ0) is 13.0. The summed E-state index contributed by atoms with van der Waals surface area (Å²) in [5.74, 6) is -0.922. The number of carboxylic acids is 1. The monoisotopic (exact) mass is 257 g/mol. The molecule has 2 N–H and O–H groups in total. The molecule has 1 aliphatic heterocycles. The number of aliphatic carboxylic acids is 1. The van der Waals surface area contributed by atoms with Crippen LogP contribution in [0, 0.1) is 0 Å². The maximum absolute atomic E-state index is 10.7. The van der Waals surface area contributed by atoms with Crippen molar-refractivity contribution in [3.63, 3.8) is 0 Å². The summed E-state index contributed by atoms with van der Waals surface area (Å²) in [6, 6.07) is 10.2. The van der Waals surface area contributed by atoms with Gasteiger partial charge in [0.15, 0.2) is 0 Å². The molecule has 1 aliphatic rings. The smallest absolute Gasteiger partial charge is 1.00 e. The molecule has 0 spiro atoms. The molecule has 0 saturated carbocycles. The van der Waals surface area contributed by atoms with Crippen molar-refractivity contribution in [3.05, 3.63) is 35.9 Å². The van der Waals surface area contributed by atoms with Crippen LogP contribution in [0.5, 0.6) is 0 Å². The molecule has 19 heavy (non-hydrogen) atoms. The second-order valence-electron chi connectivity index (χ2n) is 5.06. The summed E-state index contributed by atoms with van der Waals surface area (Å²) in [6.07, 6.45) is 0.921. The van der Waals surface area contributed by atoms with Crippen LogP contribution in [0.1, 0.15) is 26.3 Å². The van der Waals surface area contributed by atoms with Crippen LogP contribution in [-0.2, 0) is 11.3 Å². The maximum atomic E-state index is 10.7. The fourth-order valence-corrected chi connectivity index (χ4v) is 2.43. The molecule has 0 atom stereocenters. The number of hydrogen-bond acceptors (Lipinski definition) is 3. The second kappa shape index (κ2) is 7.11. The van der Waals surface area contributed by atoms with Crippen molar-refractivity contribution in [2.75, 3.05) is 13.1 Å². The minimum atomic E-state index is -1.01. The molecule has 0 bridgehead atoms. The summed E-state index contributed by atoms with van der Waals surface area (Å²) in [5, 5.41) is 18.9. The molecule has 0 aromatic heterocycles. The van der Waals surface area contributed by atoms with Gasteiger partial charge in [-0.25, -0.2) is 0 Å². The fraction of sp³-hybridized carbons (Fsp3) is 0.500. The van der Waals surface area contributed by atoms with Crippen LogP contribution in [0.4, 0.5) is 0 Å². The summed E-state index contributed by atoms with van der Waals surface area (Å²) < 4.78 is 0. The minimum Gasteiger partial charge on any atom is -1.00 e. The van der Waals surface area contributed by atoms with Crippen molar-refractivity contribution in [2.45, 2.75) is 31.4 Å². The Bertz CT molecular complexity index is 408. The number of aliphatic hydroxyl groups is 1. The number of carbonyl (C=O) groups is 1. The van der Waals surface area contributed by atoms with Crippen LogP contribution in [0.25, 0.3) is 0 Å². The molecule has 0 unspecified atom stereocenters. The van der Waals surface area contributed by atoms with Crippen LogP contribution in [-0.4, -0.2) is 39.8 Å². The van der Waals surface area contributed by atoms with Crippen molar-refractivity contribution < 1.29 is 35.3 Å². The molecule has 0 amide bonds. The molecule has 1 aromatic rings. The van der Waals surface area contributed by atoms with E-state index in [1.807, 2.05) is 18.2 Å². The van der Waals surface area contributed by atoms with E-state index in [9.17, 15) is 9.90 Å². The Balaban J connectivity index is 0.00000180. The van der Waals surface area contributed by atoms with E-state index in [0.717, 1.165) is 19.6 Å². The molecule has 0 radical (unpaired) electrons. The van der Waals surface area contributed by atoms with Gasteiger partial charge in [-0.1, -0.05) is 30.3 Å². The maximum Gasteiger partial charge on any atom is 1.00 e. The van der Waals surface area contributed by atoms with Crippen molar-refractivity contribution in [2.24, 2.45) is 0 Å². The predicted molar refractivity (Wildman–Crippen MR) is 69.3 cm³/mol. The summed E-state index contributed by atoms with van der Waals surface area (Å²) in [5.41, 5.74) is 0.236. The Kier molecular flexibility index (Phi) is 6.09. The average Bonchev–Trinajstić information content (AvgIpc) is 2.33. The number of rotatable bonds is 4. The van der Waals surface area contributed by atoms with E-state index < -0.39 is 11.6 Å². The van der Waals surface area contributed by atoms with Crippen molar-refractivity contribution in [1.82, 2.24) is 4.90 Å². The molecule has 0 aliphatic carbocycles. The standard InChI is InChI=1S/C14H19NO3.Li.H/c16-13(17)10-14(18)6-8-15(9-7-14)11-12-4-2-1-3-5-12;;/h1-5,18H,6-11H2,(H,16,17);;/q;+1;-1. The normalized spacial score (nSPS) is 18.6. The Morgan fingerprint density at radius 2 is 1.84 bits per heavy atom. The number of nitrogens with zero attached hydrogens (tertiary/aromatic N) is 1. The average molecular weight is 257 g/mol. The van der Waals surface area contributed by atoms with Gasteiger partial charge in [-0.15, -0.1) is 0 Å². The largest absolute Gasteiger partial charge is 1.00 e. The second-order valence-corrected chi connectivity index (χ2v) is 5.06. The van der Waals surface area contributed by atoms with E-state index in [4.69, 9.17) is 5.11 Å². The molecule has 1 fully saturated rings. The van der Waals surface area contributed by atoms with Gasteiger partial charge in [0.2, 0.25) is 0 Å². The van der Waals surface area contributed by atoms with Crippen molar-refractivity contribution in [1.29, 1.82) is 0 Å². The zero-order valence-corrected chi connectivity index (χ0v) is 11.4. The molecular formula is C14H20LiNO3. The van der Waals surface area contributed by atoms with Gasteiger partial charge in [-0.05, 0) is 18.4 Å². The number of piperidine rings is 1. The number of benzene rings is 1. The Labute approximate surface area is 127 Å². The molecular weight excluding hydrogens is 237 g/mol. The van der Waals surface area contributed by atoms with Gasteiger partial charge in [0, 0.05) is 19.6 Å². The first-order chi connectivity index (χ1) is 8.57. The Morgan fingerprint density at radius 1 is 1.26 bits per heavy atom. The zero-order valence-electron chi connectivity index (χ0n) is 12.4. The minimum absolute atomic E-state index is 0. The van der Waals surface area contributed by atoms with Crippen LogP contribution in [0.3, 0.4) is 0 Å². The van der Waals surface area contributed by atoms with Crippen molar-refractivity contribution >= 4 is 5.97 Å². The number of carboxylic acid groups (broad SMARTS) is 1. The number of likely N-dealkylation sites (tertiary alicyclic amines) is 1. The Hall–Kier alpha value is -0.793. The van der Waals surface area contributed by atoms with Gasteiger partial charge >= 0.3 is 24.8 Å². The first-order valence-corrected chi connectivity index (χ1v) is 6.28. The van der Waals surface area contributed by atoms with Gasteiger partial charge in [0.25, 0.3) is 0 Å². The molecule has 1 saturated heterocycles. The van der Waals surface area contributed by atoms with Crippen LogP contribution < -0.4 is 18.9 Å². The van der Waals surface area contributed by atoms with Gasteiger partial charge in [-0.2, -0.15) is 0 Å². The molecule has 2 rings (SSSR count). The predicted octanol–water partition coefficient (Wildman–Crippen LogP) is -1.40. The molecule has 1 heterocycles. The topological polar surface area (TPSA) is 60.8 Å². The molecule has 1 aromatic carbocycles. The van der Waals surface area contributed by atoms with Gasteiger partial charge in [0.1, 0.15) is 0 Å². The summed E-state index contributed by atoms with van der Waals surface area (Å²) in [6.45, 7) is 2.36. The van der Waals surface area contributed by atoms with E-state index in [-0.39, 0.29) is 26.7 Å². The third kappa shape index (κ3) is 5.00. The SMILES string of the molecule is O=C(O)CC1(O)CCN(Cc2ccccc2)CC1.[H-].[Li+]. The first-order valence-electron chi connectivity index (χ1n) is 6.28. The molecule has 5 heteroatoms. The summed E-state index contributed by atoms with van der Waals surface area (Å²) in [7, 11) is 0. The van der Waals surface area contributed by atoms with Crippen LogP contribution in [0.15, 0.2) is 30.3 Å². The van der Waals surface area contributed by atoms with Gasteiger partial charge < -0.3 is 11.6 Å².